The monoisotopic (exact) mass is 390 g/mol. The molecule has 1 fully saturated rings. The predicted octanol–water partition coefficient (Wildman–Crippen LogP) is 1.55. The molecule has 0 radical (unpaired) electrons. The van der Waals surface area contributed by atoms with Crippen LogP contribution in [0.5, 0.6) is 0 Å². The zero-order valence-electron chi connectivity index (χ0n) is 16.8. The van der Waals surface area contributed by atoms with Crippen molar-refractivity contribution >= 4 is 16.0 Å². The second-order valence-electron chi connectivity index (χ2n) is 7.23. The summed E-state index contributed by atoms with van der Waals surface area (Å²) in [5.41, 5.74) is 0.130. The Balaban J connectivity index is 2.52. The van der Waals surface area contributed by atoms with Gasteiger partial charge in [-0.25, -0.2) is 12.7 Å². The molecule has 0 saturated heterocycles. The average molecular weight is 391 g/mol. The van der Waals surface area contributed by atoms with Crippen molar-refractivity contribution in [3.05, 3.63) is 0 Å². The quantitative estimate of drug-likeness (QED) is 0.283. The van der Waals surface area contributed by atoms with E-state index in [1.165, 1.54) is 23.6 Å². The average Bonchev–Trinajstić information content (AvgIpc) is 2.64. The summed E-state index contributed by atoms with van der Waals surface area (Å²) in [7, 11) is -1.49. The van der Waals surface area contributed by atoms with Gasteiger partial charge in [-0.05, 0) is 44.9 Å². The van der Waals surface area contributed by atoms with Gasteiger partial charge in [-0.2, -0.15) is 0 Å². The molecule has 1 rings (SSSR count). The maximum absolute atomic E-state index is 11.8. The number of sulfonamides is 1. The molecular formula is C18H38N4O3S. The molecule has 1 saturated carbocycles. The molecule has 0 amide bonds. The standard InChI is InChI=1S/C18H38N4O3S/c1-4-19-17(20-13-9-14-22(3)26(24,25)5-2)21-16-18(12-15-23)10-7-6-8-11-18/h23H,4-16H2,1-3H3,(H2,19,20,21). The summed E-state index contributed by atoms with van der Waals surface area (Å²) < 4.78 is 24.9. The summed E-state index contributed by atoms with van der Waals surface area (Å²) in [4.78, 5) is 4.76. The van der Waals surface area contributed by atoms with Gasteiger partial charge in [0.25, 0.3) is 0 Å². The first kappa shape index (κ1) is 23.2. The molecule has 8 heteroatoms. The van der Waals surface area contributed by atoms with E-state index in [9.17, 15) is 13.5 Å². The number of nitrogens with zero attached hydrogens (tertiary/aromatic N) is 2. The van der Waals surface area contributed by atoms with Crippen molar-refractivity contribution in [2.45, 2.75) is 58.8 Å². The summed E-state index contributed by atoms with van der Waals surface area (Å²) in [6.07, 6.45) is 7.53. The highest BCUT2D eigenvalue weighted by Crippen LogP contribution is 2.39. The van der Waals surface area contributed by atoms with Crippen molar-refractivity contribution in [1.82, 2.24) is 14.9 Å². The summed E-state index contributed by atoms with van der Waals surface area (Å²) >= 11 is 0. The first-order chi connectivity index (χ1) is 12.4. The zero-order valence-corrected chi connectivity index (χ0v) is 17.6. The fourth-order valence-corrected chi connectivity index (χ4v) is 4.33. The van der Waals surface area contributed by atoms with Gasteiger partial charge in [-0.3, -0.25) is 4.99 Å². The van der Waals surface area contributed by atoms with E-state index in [2.05, 4.69) is 10.6 Å². The van der Waals surface area contributed by atoms with E-state index in [1.807, 2.05) is 6.92 Å². The van der Waals surface area contributed by atoms with Crippen molar-refractivity contribution in [2.24, 2.45) is 10.4 Å². The molecular weight excluding hydrogens is 352 g/mol. The van der Waals surface area contributed by atoms with Crippen molar-refractivity contribution < 1.29 is 13.5 Å². The van der Waals surface area contributed by atoms with Crippen LogP contribution in [0.3, 0.4) is 0 Å². The highest BCUT2D eigenvalue weighted by Gasteiger charge is 2.31. The van der Waals surface area contributed by atoms with Crippen LogP contribution in [0, 0.1) is 5.41 Å². The topological polar surface area (TPSA) is 94.0 Å². The molecule has 0 aliphatic heterocycles. The van der Waals surface area contributed by atoms with E-state index < -0.39 is 10.0 Å². The highest BCUT2D eigenvalue weighted by molar-refractivity contribution is 7.89. The molecule has 1 aliphatic carbocycles. The molecule has 7 nitrogen and oxygen atoms in total. The Morgan fingerprint density at radius 1 is 1.19 bits per heavy atom. The molecule has 0 spiro atoms. The Morgan fingerprint density at radius 3 is 2.46 bits per heavy atom. The van der Waals surface area contributed by atoms with Gasteiger partial charge >= 0.3 is 0 Å². The first-order valence-corrected chi connectivity index (χ1v) is 11.6. The smallest absolute Gasteiger partial charge is 0.213 e. The van der Waals surface area contributed by atoms with Crippen LogP contribution in [0.2, 0.25) is 0 Å². The summed E-state index contributed by atoms with van der Waals surface area (Å²) in [6, 6.07) is 0. The van der Waals surface area contributed by atoms with E-state index in [1.54, 1.807) is 14.0 Å². The maximum atomic E-state index is 11.8. The Labute approximate surface area is 159 Å². The van der Waals surface area contributed by atoms with Crippen LogP contribution < -0.4 is 10.6 Å². The van der Waals surface area contributed by atoms with Gasteiger partial charge in [-0.15, -0.1) is 0 Å². The number of hydrogen-bond acceptors (Lipinski definition) is 4. The predicted molar refractivity (Wildman–Crippen MR) is 108 cm³/mol. The van der Waals surface area contributed by atoms with Crippen molar-refractivity contribution in [3.8, 4) is 0 Å². The SMILES string of the molecule is CCNC(=NCC1(CCO)CCCCC1)NCCCN(C)S(=O)(=O)CC. The van der Waals surface area contributed by atoms with Gasteiger partial charge in [-0.1, -0.05) is 19.3 Å². The third kappa shape index (κ3) is 7.80. The molecule has 0 aromatic carbocycles. The number of nitrogens with one attached hydrogen (secondary N) is 2. The van der Waals surface area contributed by atoms with Crippen molar-refractivity contribution in [1.29, 1.82) is 0 Å². The van der Waals surface area contributed by atoms with Gasteiger partial charge in [0.2, 0.25) is 10.0 Å². The fourth-order valence-electron chi connectivity index (χ4n) is 3.48. The second kappa shape index (κ2) is 11.8. The molecule has 0 bridgehead atoms. The molecule has 3 N–H and O–H groups in total. The van der Waals surface area contributed by atoms with Crippen LogP contribution in [0.15, 0.2) is 4.99 Å². The van der Waals surface area contributed by atoms with Gasteiger partial charge in [0.15, 0.2) is 5.96 Å². The first-order valence-electron chi connectivity index (χ1n) is 9.96. The van der Waals surface area contributed by atoms with Crippen LogP contribution in [0.25, 0.3) is 0 Å². The number of aliphatic imine (C=N–C) groups is 1. The second-order valence-corrected chi connectivity index (χ2v) is 9.60. The Morgan fingerprint density at radius 2 is 1.88 bits per heavy atom. The normalized spacial score (nSPS) is 18.1. The molecule has 0 unspecified atom stereocenters. The Bertz CT molecular complexity index is 511. The van der Waals surface area contributed by atoms with E-state index in [-0.39, 0.29) is 17.8 Å². The van der Waals surface area contributed by atoms with Crippen LogP contribution in [0.4, 0.5) is 0 Å². The van der Waals surface area contributed by atoms with Crippen molar-refractivity contribution in [2.75, 3.05) is 45.6 Å². The maximum Gasteiger partial charge on any atom is 0.213 e. The number of aliphatic hydroxyl groups is 1. The molecule has 154 valence electrons. The lowest BCUT2D eigenvalue weighted by Crippen LogP contribution is -2.40. The molecule has 0 aromatic heterocycles. The van der Waals surface area contributed by atoms with Gasteiger partial charge < -0.3 is 15.7 Å². The van der Waals surface area contributed by atoms with E-state index >= 15 is 0 Å². The molecule has 26 heavy (non-hydrogen) atoms. The number of aliphatic hydroxyl groups excluding tert-OH is 1. The Kier molecular flexibility index (Phi) is 10.5. The molecule has 1 aliphatic rings. The third-order valence-corrected chi connectivity index (χ3v) is 7.12. The molecule has 0 aromatic rings. The highest BCUT2D eigenvalue weighted by atomic mass is 32.2. The summed E-state index contributed by atoms with van der Waals surface area (Å²) in [5, 5.41) is 16.0. The minimum Gasteiger partial charge on any atom is -0.396 e. The minimum absolute atomic E-state index is 0.130. The van der Waals surface area contributed by atoms with Gasteiger partial charge in [0.1, 0.15) is 0 Å². The fraction of sp³-hybridized carbons (Fsp3) is 0.944. The number of rotatable bonds is 11. The largest absolute Gasteiger partial charge is 0.396 e. The lowest BCUT2D eigenvalue weighted by molar-refractivity contribution is 0.137. The lowest BCUT2D eigenvalue weighted by atomic mass is 9.72. The van der Waals surface area contributed by atoms with Crippen LogP contribution >= 0.6 is 0 Å². The zero-order chi connectivity index (χ0) is 19.5. The Hall–Kier alpha value is -0.860. The van der Waals surface area contributed by atoms with Gasteiger partial charge in [0, 0.05) is 39.8 Å². The summed E-state index contributed by atoms with van der Waals surface area (Å²) in [6.45, 7) is 6.59. The lowest BCUT2D eigenvalue weighted by Gasteiger charge is -2.35. The van der Waals surface area contributed by atoms with E-state index in [0.29, 0.717) is 13.1 Å². The summed E-state index contributed by atoms with van der Waals surface area (Å²) in [5.74, 6) is 0.907. The number of hydrogen-bond donors (Lipinski definition) is 3. The molecule has 0 heterocycles. The van der Waals surface area contributed by atoms with Gasteiger partial charge in [0.05, 0.1) is 5.75 Å². The van der Waals surface area contributed by atoms with E-state index in [0.717, 1.165) is 44.7 Å². The minimum atomic E-state index is -3.11. The number of guanidine groups is 1. The van der Waals surface area contributed by atoms with Crippen LogP contribution in [-0.4, -0.2) is 69.4 Å². The van der Waals surface area contributed by atoms with Crippen LogP contribution in [-0.2, 0) is 10.0 Å². The third-order valence-electron chi connectivity index (χ3n) is 5.26. The van der Waals surface area contributed by atoms with Crippen molar-refractivity contribution in [3.63, 3.8) is 0 Å². The van der Waals surface area contributed by atoms with E-state index in [4.69, 9.17) is 4.99 Å². The molecule has 0 atom stereocenters. The van der Waals surface area contributed by atoms with Crippen LogP contribution in [0.1, 0.15) is 58.8 Å².